The van der Waals surface area contributed by atoms with Crippen LogP contribution in [0.3, 0.4) is 0 Å². The van der Waals surface area contributed by atoms with Gasteiger partial charge >= 0.3 is 5.97 Å². The number of cyclic esters (lactones) is 1. The number of likely N-dealkylation sites (tertiary alicyclic amines) is 1. The van der Waals surface area contributed by atoms with Crippen LogP contribution in [0.15, 0.2) is 54.4 Å². The zero-order valence-corrected chi connectivity index (χ0v) is 48.6. The summed E-state index contributed by atoms with van der Waals surface area (Å²) in [7, 11) is 1.75. The number of esters is 1. The van der Waals surface area contributed by atoms with E-state index in [0.717, 1.165) is 132 Å². The molecular formula is C61H81N11O7S. The molecule has 1 aromatic carbocycles. The van der Waals surface area contributed by atoms with E-state index in [9.17, 15) is 9.59 Å². The SMILES string of the molecule is CO[C@@H](C)c1ncc(N2CCN(C3CC3)CC2)cc1-c1c2c3cc(ccc3n1CCOC1CCOC(C)(C)C1)-c1csc(n1)[C@@H](N1CCCC1)[C@H](NC(=O)[C@@H]1[C@@H](C)[C@H]1c1ccncn1)C(=O)N1CCC[C@H](N1)C(=O)OCC(C)(C)C2. The van der Waals surface area contributed by atoms with E-state index in [2.05, 4.69) is 111 Å². The Morgan fingerprint density at radius 2 is 1.77 bits per heavy atom. The summed E-state index contributed by atoms with van der Waals surface area (Å²) in [5, 5.41) is 8.80. The fraction of sp³-hybridized carbons (Fsp3) is 0.623. The first-order valence-corrected chi connectivity index (χ1v) is 30.4. The van der Waals surface area contributed by atoms with Crippen molar-refractivity contribution in [2.75, 3.05) is 77.6 Å². The molecule has 6 bridgehead atoms. The fourth-order valence-electron chi connectivity index (χ4n) is 13.6. The molecule has 5 aromatic rings. The van der Waals surface area contributed by atoms with E-state index in [1.165, 1.54) is 30.5 Å². The van der Waals surface area contributed by atoms with Gasteiger partial charge in [0.15, 0.2) is 0 Å². The molecule has 2 saturated carbocycles. The molecule has 12 rings (SSSR count). The molecule has 2 aliphatic carbocycles. The summed E-state index contributed by atoms with van der Waals surface area (Å²) in [5.41, 5.74) is 11.2. The number of hydrogen-bond acceptors (Lipinski definition) is 16. The number of benzene rings is 1. The number of piperazine rings is 1. The number of fused-ring (bicyclic) bond motifs is 6. The van der Waals surface area contributed by atoms with Gasteiger partial charge in [-0.15, -0.1) is 11.3 Å². The van der Waals surface area contributed by atoms with Gasteiger partial charge in [0.25, 0.3) is 5.91 Å². The van der Waals surface area contributed by atoms with Crippen molar-refractivity contribution in [2.24, 2.45) is 17.3 Å². The van der Waals surface area contributed by atoms with Crippen molar-refractivity contribution in [3.63, 3.8) is 0 Å². The van der Waals surface area contributed by atoms with Crippen LogP contribution in [0.2, 0.25) is 0 Å². The molecular weight excluding hydrogens is 1030 g/mol. The number of nitrogens with zero attached hydrogens (tertiary/aromatic N) is 9. The Bertz CT molecular complexity index is 3060. The first-order chi connectivity index (χ1) is 38.6. The molecule has 2 amide bonds. The summed E-state index contributed by atoms with van der Waals surface area (Å²) in [5.74, 6) is -1.35. The zero-order valence-electron chi connectivity index (χ0n) is 47.8. The second kappa shape index (κ2) is 22.7. The predicted octanol–water partition coefficient (Wildman–Crippen LogP) is 7.88. The molecule has 6 fully saturated rings. The first-order valence-electron chi connectivity index (χ1n) is 29.6. The maximum absolute atomic E-state index is 15.4. The lowest BCUT2D eigenvalue weighted by atomic mass is 9.84. The van der Waals surface area contributed by atoms with Crippen LogP contribution >= 0.6 is 11.3 Å². The average molecular weight is 1110 g/mol. The number of ether oxygens (including phenoxy) is 4. The summed E-state index contributed by atoms with van der Waals surface area (Å²) >= 11 is 1.53. The molecule has 4 saturated heterocycles. The largest absolute Gasteiger partial charge is 0.464 e. The number of carbonyl (C=O) groups excluding carboxylic acids is 3. The molecule has 428 valence electrons. The number of pyridine rings is 1. The molecule has 7 aliphatic rings. The number of methoxy groups -OCH3 is 1. The lowest BCUT2D eigenvalue weighted by molar-refractivity contribution is -0.156. The number of thiazole rings is 1. The minimum absolute atomic E-state index is 0.0254. The van der Waals surface area contributed by atoms with Gasteiger partial charge in [-0.05, 0) is 121 Å². The minimum Gasteiger partial charge on any atom is -0.464 e. The van der Waals surface area contributed by atoms with E-state index in [-0.39, 0.29) is 54.0 Å². The monoisotopic (exact) mass is 1110 g/mol. The van der Waals surface area contributed by atoms with E-state index >= 15 is 4.79 Å². The third kappa shape index (κ3) is 11.4. The maximum atomic E-state index is 15.4. The third-order valence-corrected chi connectivity index (χ3v) is 19.2. The minimum atomic E-state index is -1.01. The van der Waals surface area contributed by atoms with Crippen molar-refractivity contribution in [3.8, 4) is 22.5 Å². The van der Waals surface area contributed by atoms with Crippen LogP contribution in [0.5, 0.6) is 0 Å². The highest BCUT2D eigenvalue weighted by Crippen LogP contribution is 2.53. The number of hydrogen-bond donors (Lipinski definition) is 2. The number of nitrogens with one attached hydrogen (secondary N) is 2. The Labute approximate surface area is 474 Å². The van der Waals surface area contributed by atoms with Crippen LogP contribution in [-0.2, 0) is 46.3 Å². The number of rotatable bonds is 13. The Hall–Kier alpha value is -5.41. The van der Waals surface area contributed by atoms with Gasteiger partial charge in [0.05, 0.1) is 66.0 Å². The topological polar surface area (TPSA) is 182 Å². The van der Waals surface area contributed by atoms with Crippen molar-refractivity contribution in [1.29, 1.82) is 0 Å². The van der Waals surface area contributed by atoms with Crippen LogP contribution in [-0.4, -0.2) is 160 Å². The average Bonchev–Trinajstić information content (AvgIpc) is 4.31. The number of hydrazine groups is 1. The van der Waals surface area contributed by atoms with Crippen molar-refractivity contribution < 1.29 is 33.3 Å². The summed E-state index contributed by atoms with van der Waals surface area (Å²) < 4.78 is 27.9. The van der Waals surface area contributed by atoms with Gasteiger partial charge in [-0.1, -0.05) is 26.8 Å². The van der Waals surface area contributed by atoms with Gasteiger partial charge in [-0.3, -0.25) is 34.2 Å². The predicted molar refractivity (Wildman–Crippen MR) is 307 cm³/mol. The van der Waals surface area contributed by atoms with Crippen molar-refractivity contribution in [1.82, 2.24) is 50.1 Å². The van der Waals surface area contributed by atoms with Gasteiger partial charge in [0, 0.05) is 122 Å². The van der Waals surface area contributed by atoms with Gasteiger partial charge in [-0.2, -0.15) is 0 Å². The number of anilines is 1. The van der Waals surface area contributed by atoms with Crippen LogP contribution in [0, 0.1) is 17.3 Å². The molecule has 80 heavy (non-hydrogen) atoms. The van der Waals surface area contributed by atoms with Crippen molar-refractivity contribution in [2.45, 2.75) is 154 Å². The highest BCUT2D eigenvalue weighted by atomic mass is 32.1. The van der Waals surface area contributed by atoms with Crippen LogP contribution in [0.1, 0.15) is 133 Å². The molecule has 2 N–H and O–H groups in total. The lowest BCUT2D eigenvalue weighted by Crippen LogP contribution is -2.62. The summed E-state index contributed by atoms with van der Waals surface area (Å²) in [6.07, 6.45) is 12.8. The summed E-state index contributed by atoms with van der Waals surface area (Å²) in [4.78, 5) is 71.4. The molecule has 0 radical (unpaired) electrons. The Kier molecular flexibility index (Phi) is 15.7. The standard InChI is InChI=1S/C61H81N11O7S/c1-37-50(46-16-18-62-36-64-46)51(37)56(73)66-53-55(70-19-8-9-20-70)57-65-48(34-80-57)39-12-15-49-43(29-39)45(32-60(3,4)35-78-59(75)47-11-10-21-72(67-47)58(53)74)54(71(49)26-28-77-42-17-27-79-61(5,6)31-42)44-30-41(33-63-52(44)38(2)76-7)69-24-22-68(23-25-69)40-13-14-40/h12,15-16,18,29-30,33-34,36-38,40,42,47,50-51,53,55,67H,8-11,13-14,17,19-28,31-32,35H2,1-7H3,(H,66,73)/t37-,38-,42?,47-,50-,51+,53-,55-/m0/s1. The van der Waals surface area contributed by atoms with E-state index < -0.39 is 29.5 Å². The molecule has 18 nitrogen and oxygen atoms in total. The quantitative estimate of drug-likeness (QED) is 0.109. The smallest absolute Gasteiger partial charge is 0.324 e. The van der Waals surface area contributed by atoms with E-state index in [4.69, 9.17) is 28.9 Å². The Morgan fingerprint density at radius 1 is 0.963 bits per heavy atom. The second-order valence-electron chi connectivity index (χ2n) is 25.1. The van der Waals surface area contributed by atoms with E-state index in [1.807, 2.05) is 12.3 Å². The molecule has 0 spiro atoms. The molecule has 9 heterocycles. The van der Waals surface area contributed by atoms with Gasteiger partial charge < -0.3 is 33.7 Å². The Morgan fingerprint density at radius 3 is 2.52 bits per heavy atom. The van der Waals surface area contributed by atoms with Gasteiger partial charge in [0.2, 0.25) is 5.91 Å². The summed E-state index contributed by atoms with van der Waals surface area (Å²) in [6, 6.07) is 9.26. The fourth-order valence-corrected chi connectivity index (χ4v) is 14.6. The van der Waals surface area contributed by atoms with Crippen molar-refractivity contribution in [3.05, 3.63) is 76.4 Å². The van der Waals surface area contributed by atoms with E-state index in [1.54, 1.807) is 18.3 Å². The summed E-state index contributed by atoms with van der Waals surface area (Å²) in [6.45, 7) is 20.4. The molecule has 1 unspecified atom stereocenters. The highest BCUT2D eigenvalue weighted by molar-refractivity contribution is 7.10. The molecule has 8 atom stereocenters. The van der Waals surface area contributed by atoms with E-state index in [0.29, 0.717) is 45.6 Å². The first kappa shape index (κ1) is 55.1. The van der Waals surface area contributed by atoms with Crippen LogP contribution < -0.4 is 15.6 Å². The lowest BCUT2D eigenvalue weighted by Gasteiger charge is -2.39. The zero-order chi connectivity index (χ0) is 55.5. The number of amides is 2. The third-order valence-electron chi connectivity index (χ3n) is 18.2. The maximum Gasteiger partial charge on any atom is 0.324 e. The second-order valence-corrected chi connectivity index (χ2v) is 26.0. The van der Waals surface area contributed by atoms with Crippen LogP contribution in [0.25, 0.3) is 33.4 Å². The van der Waals surface area contributed by atoms with Crippen molar-refractivity contribution >= 4 is 45.7 Å². The van der Waals surface area contributed by atoms with Gasteiger partial charge in [-0.25, -0.2) is 20.4 Å². The molecule has 4 aromatic heterocycles. The highest BCUT2D eigenvalue weighted by Gasteiger charge is 2.55. The van der Waals surface area contributed by atoms with Crippen LogP contribution in [0.4, 0.5) is 5.69 Å². The van der Waals surface area contributed by atoms with Gasteiger partial charge in [0.1, 0.15) is 23.4 Å². The molecule has 5 aliphatic heterocycles. The number of carbonyl (C=O) groups is 3. The normalized spacial score (nSPS) is 27.9. The molecule has 19 heteroatoms. The number of aromatic nitrogens is 5. The Balaban J connectivity index is 0.988.